The van der Waals surface area contributed by atoms with Crippen LogP contribution in [-0.4, -0.2) is 58.3 Å². The number of nitrogens with zero attached hydrogens (tertiary/aromatic N) is 1. The maximum absolute atomic E-state index is 12.1. The van der Waals surface area contributed by atoms with Gasteiger partial charge in [0.05, 0.1) is 5.75 Å². The van der Waals surface area contributed by atoms with Crippen molar-refractivity contribution in [3.63, 3.8) is 0 Å². The molecule has 112 valence electrons. The summed E-state index contributed by atoms with van der Waals surface area (Å²) < 4.78 is 27.1. The molecule has 2 aliphatic rings. The molecule has 0 aromatic heterocycles. The van der Waals surface area contributed by atoms with E-state index in [1.807, 2.05) is 0 Å². The Labute approximate surface area is 117 Å². The molecule has 2 aliphatic heterocycles. The Bertz CT molecular complexity index is 358. The van der Waals surface area contributed by atoms with E-state index < -0.39 is 10.0 Å². The summed E-state index contributed by atoms with van der Waals surface area (Å²) >= 11 is 0. The Morgan fingerprint density at radius 3 is 2.42 bits per heavy atom. The van der Waals surface area contributed by atoms with E-state index in [1.54, 1.807) is 0 Å². The van der Waals surface area contributed by atoms with Crippen LogP contribution in [0.25, 0.3) is 0 Å². The third kappa shape index (κ3) is 5.38. The van der Waals surface area contributed by atoms with Crippen molar-refractivity contribution in [1.82, 2.24) is 14.9 Å². The lowest BCUT2D eigenvalue weighted by molar-refractivity contribution is 0.248. The maximum atomic E-state index is 12.1. The molecule has 0 aromatic carbocycles. The Kier molecular flexibility index (Phi) is 5.62. The van der Waals surface area contributed by atoms with E-state index in [4.69, 9.17) is 0 Å². The van der Waals surface area contributed by atoms with Crippen LogP contribution >= 0.6 is 0 Å². The fourth-order valence-corrected chi connectivity index (χ4v) is 4.44. The molecule has 5 nitrogen and oxygen atoms in total. The highest BCUT2D eigenvalue weighted by Crippen LogP contribution is 2.17. The highest BCUT2D eigenvalue weighted by molar-refractivity contribution is 7.89. The Hall–Kier alpha value is -0.170. The topological polar surface area (TPSA) is 61.4 Å². The zero-order valence-corrected chi connectivity index (χ0v) is 12.7. The summed E-state index contributed by atoms with van der Waals surface area (Å²) in [4.78, 5) is 2.25. The molecule has 19 heavy (non-hydrogen) atoms. The monoisotopic (exact) mass is 289 g/mol. The first-order valence-electron chi connectivity index (χ1n) is 7.44. The van der Waals surface area contributed by atoms with Gasteiger partial charge in [-0.3, -0.25) is 0 Å². The maximum Gasteiger partial charge on any atom is 0.211 e. The number of nitrogens with one attached hydrogen (secondary N) is 2. The molecule has 0 amide bonds. The van der Waals surface area contributed by atoms with Gasteiger partial charge in [-0.1, -0.05) is 0 Å². The van der Waals surface area contributed by atoms with Gasteiger partial charge in [0.25, 0.3) is 0 Å². The molecule has 0 atom stereocenters. The van der Waals surface area contributed by atoms with Crippen molar-refractivity contribution in [3.8, 4) is 0 Å². The molecule has 2 N–H and O–H groups in total. The normalized spacial score (nSPS) is 24.7. The lowest BCUT2D eigenvalue weighted by Crippen LogP contribution is -2.44. The standard InChI is InChI=1S/C13H27N3O2S/c1-16-9-4-13(5-10-16)15-19(17,18)11-6-12-2-7-14-8-3-12/h12-15H,2-11H2,1H3. The van der Waals surface area contributed by atoms with E-state index in [1.165, 1.54) is 0 Å². The van der Waals surface area contributed by atoms with Crippen LogP contribution in [0.5, 0.6) is 0 Å². The number of rotatable bonds is 5. The number of hydrogen-bond acceptors (Lipinski definition) is 4. The molecule has 0 aromatic rings. The predicted molar refractivity (Wildman–Crippen MR) is 77.7 cm³/mol. The summed E-state index contributed by atoms with van der Waals surface area (Å²) in [6.45, 7) is 4.04. The zero-order chi connectivity index (χ0) is 13.7. The van der Waals surface area contributed by atoms with Crippen molar-refractivity contribution in [2.45, 2.75) is 38.1 Å². The second kappa shape index (κ2) is 7.02. The van der Waals surface area contributed by atoms with Gasteiger partial charge in [-0.2, -0.15) is 0 Å². The minimum absolute atomic E-state index is 0.147. The zero-order valence-electron chi connectivity index (χ0n) is 11.9. The van der Waals surface area contributed by atoms with Crippen molar-refractivity contribution in [3.05, 3.63) is 0 Å². The quantitative estimate of drug-likeness (QED) is 0.769. The summed E-state index contributed by atoms with van der Waals surface area (Å²) in [6.07, 6.45) is 4.91. The number of sulfonamides is 1. The first kappa shape index (κ1) is 15.2. The Morgan fingerprint density at radius 2 is 1.79 bits per heavy atom. The minimum atomic E-state index is -3.09. The highest BCUT2D eigenvalue weighted by Gasteiger charge is 2.23. The van der Waals surface area contributed by atoms with Crippen molar-refractivity contribution in [1.29, 1.82) is 0 Å². The van der Waals surface area contributed by atoms with E-state index in [-0.39, 0.29) is 6.04 Å². The van der Waals surface area contributed by atoms with Gasteiger partial charge < -0.3 is 10.2 Å². The predicted octanol–water partition coefficient (Wildman–Crippen LogP) is 0.390. The van der Waals surface area contributed by atoms with Gasteiger partial charge in [-0.15, -0.1) is 0 Å². The van der Waals surface area contributed by atoms with E-state index in [2.05, 4.69) is 22.0 Å². The lowest BCUT2D eigenvalue weighted by Gasteiger charge is -2.29. The van der Waals surface area contributed by atoms with Crippen molar-refractivity contribution >= 4 is 10.0 Å². The SMILES string of the molecule is CN1CCC(NS(=O)(=O)CCC2CCNCC2)CC1. The van der Waals surface area contributed by atoms with Gasteiger partial charge in [0, 0.05) is 6.04 Å². The smallest absolute Gasteiger partial charge is 0.211 e. The van der Waals surface area contributed by atoms with Gasteiger partial charge in [0.15, 0.2) is 0 Å². The average molecular weight is 289 g/mol. The highest BCUT2D eigenvalue weighted by atomic mass is 32.2. The van der Waals surface area contributed by atoms with E-state index >= 15 is 0 Å². The van der Waals surface area contributed by atoms with Crippen molar-refractivity contribution in [2.75, 3.05) is 39.0 Å². The minimum Gasteiger partial charge on any atom is -0.317 e. The molecule has 0 spiro atoms. The van der Waals surface area contributed by atoms with E-state index in [0.717, 1.165) is 58.3 Å². The van der Waals surface area contributed by atoms with Crippen LogP contribution in [-0.2, 0) is 10.0 Å². The Balaban J connectivity index is 1.72. The molecule has 0 saturated carbocycles. The van der Waals surface area contributed by atoms with Crippen LogP contribution in [0, 0.1) is 5.92 Å². The van der Waals surface area contributed by atoms with Crippen LogP contribution in [0.15, 0.2) is 0 Å². The second-order valence-corrected chi connectivity index (χ2v) is 7.87. The molecule has 2 saturated heterocycles. The third-order valence-electron chi connectivity index (χ3n) is 4.32. The molecular formula is C13H27N3O2S. The summed E-state index contributed by atoms with van der Waals surface area (Å²) in [5.74, 6) is 0.875. The molecule has 0 bridgehead atoms. The lowest BCUT2D eigenvalue weighted by atomic mass is 9.96. The van der Waals surface area contributed by atoms with Crippen LogP contribution in [0.1, 0.15) is 32.1 Å². The molecule has 2 fully saturated rings. The largest absolute Gasteiger partial charge is 0.317 e. The summed E-state index contributed by atoms with van der Waals surface area (Å²) in [7, 11) is -1.00. The second-order valence-electron chi connectivity index (χ2n) is 6.00. The first-order valence-corrected chi connectivity index (χ1v) is 9.10. The molecule has 6 heteroatoms. The van der Waals surface area contributed by atoms with Gasteiger partial charge in [-0.25, -0.2) is 13.1 Å². The van der Waals surface area contributed by atoms with Gasteiger partial charge in [-0.05, 0) is 71.2 Å². The van der Waals surface area contributed by atoms with Crippen LogP contribution in [0.2, 0.25) is 0 Å². The van der Waals surface area contributed by atoms with Crippen molar-refractivity contribution < 1.29 is 8.42 Å². The van der Waals surface area contributed by atoms with Gasteiger partial charge in [0.1, 0.15) is 0 Å². The fraction of sp³-hybridized carbons (Fsp3) is 1.00. The van der Waals surface area contributed by atoms with E-state index in [0.29, 0.717) is 11.7 Å². The summed E-state index contributed by atoms with van der Waals surface area (Å²) in [6, 6.07) is 0.147. The number of likely N-dealkylation sites (tertiary alicyclic amines) is 1. The molecule has 0 unspecified atom stereocenters. The molecule has 0 aliphatic carbocycles. The number of piperidine rings is 2. The van der Waals surface area contributed by atoms with Gasteiger partial charge >= 0.3 is 0 Å². The van der Waals surface area contributed by atoms with Gasteiger partial charge in [0.2, 0.25) is 10.0 Å². The molecule has 2 rings (SSSR count). The molecule has 0 radical (unpaired) electrons. The Morgan fingerprint density at radius 1 is 1.16 bits per heavy atom. The summed E-state index contributed by atoms with van der Waals surface area (Å²) in [5.41, 5.74) is 0. The van der Waals surface area contributed by atoms with E-state index in [9.17, 15) is 8.42 Å². The number of hydrogen-bond donors (Lipinski definition) is 2. The van der Waals surface area contributed by atoms with Crippen LogP contribution in [0.3, 0.4) is 0 Å². The summed E-state index contributed by atoms with van der Waals surface area (Å²) in [5, 5.41) is 3.31. The molecule has 2 heterocycles. The molecular weight excluding hydrogens is 262 g/mol. The van der Waals surface area contributed by atoms with Crippen molar-refractivity contribution in [2.24, 2.45) is 5.92 Å². The first-order chi connectivity index (χ1) is 9.05. The van der Waals surface area contributed by atoms with Crippen LogP contribution < -0.4 is 10.0 Å². The third-order valence-corrected chi connectivity index (χ3v) is 5.78. The fourth-order valence-electron chi connectivity index (χ4n) is 2.93. The van der Waals surface area contributed by atoms with Crippen LogP contribution in [0.4, 0.5) is 0 Å². The average Bonchev–Trinajstić information content (AvgIpc) is 2.40.